The van der Waals surface area contributed by atoms with Crippen molar-refractivity contribution in [1.29, 1.82) is 0 Å². The molecule has 106 valence electrons. The smallest absolute Gasteiger partial charge is 0.123 e. The molecule has 0 radical (unpaired) electrons. The van der Waals surface area contributed by atoms with Crippen LogP contribution in [0.2, 0.25) is 0 Å². The van der Waals surface area contributed by atoms with Crippen molar-refractivity contribution in [1.82, 2.24) is 0 Å². The quantitative estimate of drug-likeness (QED) is 0.878. The Morgan fingerprint density at radius 2 is 1.55 bits per heavy atom. The van der Waals surface area contributed by atoms with Crippen molar-refractivity contribution in [2.45, 2.75) is 38.6 Å². The first-order valence-electron chi connectivity index (χ1n) is 7.02. The molecule has 0 heterocycles. The molecule has 0 aromatic heterocycles. The summed E-state index contributed by atoms with van der Waals surface area (Å²) < 4.78 is 13.0. The third-order valence-corrected chi connectivity index (χ3v) is 3.72. The normalized spacial score (nSPS) is 14.3. The van der Waals surface area contributed by atoms with Crippen molar-refractivity contribution in [3.8, 4) is 0 Å². The first kappa shape index (κ1) is 14.7. The highest BCUT2D eigenvalue weighted by atomic mass is 19.1. The zero-order valence-corrected chi connectivity index (χ0v) is 12.4. The zero-order valence-electron chi connectivity index (χ0n) is 12.4. The monoisotopic (exact) mass is 271 g/mol. The zero-order chi connectivity index (χ0) is 14.8. The Balaban J connectivity index is 2.17. The van der Waals surface area contributed by atoms with Crippen molar-refractivity contribution in [3.05, 3.63) is 71.0 Å². The van der Waals surface area contributed by atoms with Crippen LogP contribution in [0.4, 0.5) is 4.39 Å². The summed E-state index contributed by atoms with van der Waals surface area (Å²) in [6.07, 6.45) is 0.733. The summed E-state index contributed by atoms with van der Waals surface area (Å²) in [6, 6.07) is 15.0. The van der Waals surface area contributed by atoms with Gasteiger partial charge in [0.1, 0.15) is 5.82 Å². The molecule has 2 aromatic rings. The fourth-order valence-electron chi connectivity index (χ4n) is 2.38. The molecule has 0 amide bonds. The topological polar surface area (TPSA) is 26.0 Å². The molecule has 0 aliphatic carbocycles. The lowest BCUT2D eigenvalue weighted by atomic mass is 9.86. The van der Waals surface area contributed by atoms with Gasteiger partial charge in [-0.3, -0.25) is 0 Å². The molecule has 2 N–H and O–H groups in total. The van der Waals surface area contributed by atoms with Crippen molar-refractivity contribution in [3.63, 3.8) is 0 Å². The van der Waals surface area contributed by atoms with E-state index < -0.39 is 5.54 Å². The van der Waals surface area contributed by atoms with Gasteiger partial charge in [-0.1, -0.05) is 50.2 Å². The second-order valence-corrected chi connectivity index (χ2v) is 6.00. The molecule has 20 heavy (non-hydrogen) atoms. The molecule has 0 aliphatic heterocycles. The minimum absolute atomic E-state index is 0.231. The maximum atomic E-state index is 13.0. The Kier molecular flexibility index (Phi) is 4.24. The largest absolute Gasteiger partial charge is 0.321 e. The van der Waals surface area contributed by atoms with Crippen LogP contribution in [0.25, 0.3) is 0 Å². The first-order chi connectivity index (χ1) is 9.38. The molecule has 0 fully saturated rings. The maximum Gasteiger partial charge on any atom is 0.123 e. The van der Waals surface area contributed by atoms with Gasteiger partial charge in [-0.25, -0.2) is 4.39 Å². The highest BCUT2D eigenvalue weighted by molar-refractivity contribution is 5.30. The fraction of sp³-hybridized carbons (Fsp3) is 0.333. The van der Waals surface area contributed by atoms with Crippen LogP contribution < -0.4 is 5.73 Å². The third kappa shape index (κ3) is 3.45. The van der Waals surface area contributed by atoms with Gasteiger partial charge in [0.2, 0.25) is 0 Å². The summed E-state index contributed by atoms with van der Waals surface area (Å²) in [6.45, 7) is 6.34. The van der Waals surface area contributed by atoms with E-state index >= 15 is 0 Å². The van der Waals surface area contributed by atoms with Gasteiger partial charge < -0.3 is 5.73 Å². The van der Waals surface area contributed by atoms with Crippen LogP contribution in [-0.2, 0) is 12.0 Å². The lowest BCUT2D eigenvalue weighted by molar-refractivity contribution is 0.490. The Hall–Kier alpha value is -1.67. The van der Waals surface area contributed by atoms with Gasteiger partial charge in [0.25, 0.3) is 0 Å². The van der Waals surface area contributed by atoms with Gasteiger partial charge in [-0.05, 0) is 48.1 Å². The van der Waals surface area contributed by atoms with Crippen molar-refractivity contribution >= 4 is 0 Å². The highest BCUT2D eigenvalue weighted by Gasteiger charge is 2.21. The van der Waals surface area contributed by atoms with Gasteiger partial charge in [0, 0.05) is 5.54 Å². The molecule has 1 unspecified atom stereocenters. The number of benzene rings is 2. The molecule has 0 spiro atoms. The van der Waals surface area contributed by atoms with E-state index in [1.807, 2.05) is 6.92 Å². The average molecular weight is 271 g/mol. The minimum atomic E-state index is -0.493. The Morgan fingerprint density at radius 1 is 1.00 bits per heavy atom. The molecular formula is C18H22FN. The Labute approximate surface area is 120 Å². The van der Waals surface area contributed by atoms with Gasteiger partial charge in [-0.15, -0.1) is 0 Å². The minimum Gasteiger partial charge on any atom is -0.321 e. The van der Waals surface area contributed by atoms with Gasteiger partial charge in [0.15, 0.2) is 0 Å². The molecule has 2 heteroatoms. The van der Waals surface area contributed by atoms with Crippen LogP contribution in [-0.4, -0.2) is 0 Å². The molecule has 1 atom stereocenters. The molecule has 0 saturated heterocycles. The third-order valence-electron chi connectivity index (χ3n) is 3.72. The standard InChI is InChI=1S/C18H22FN/c1-13(2)15-6-4-14(5-7-15)12-18(3,20)16-8-10-17(19)11-9-16/h4-11,13H,12,20H2,1-3H3. The van der Waals surface area contributed by atoms with E-state index in [-0.39, 0.29) is 5.82 Å². The summed E-state index contributed by atoms with van der Waals surface area (Å²) in [4.78, 5) is 0. The predicted molar refractivity (Wildman–Crippen MR) is 82.2 cm³/mol. The molecule has 0 aliphatic rings. The number of rotatable bonds is 4. The van der Waals surface area contributed by atoms with Gasteiger partial charge >= 0.3 is 0 Å². The summed E-state index contributed by atoms with van der Waals surface area (Å²) in [5.41, 5.74) is 9.38. The average Bonchev–Trinajstić information content (AvgIpc) is 2.39. The van der Waals surface area contributed by atoms with Crippen molar-refractivity contribution in [2.24, 2.45) is 5.73 Å². The second kappa shape index (κ2) is 5.76. The molecule has 0 saturated carbocycles. The number of nitrogens with two attached hydrogens (primary N) is 1. The van der Waals surface area contributed by atoms with Crippen LogP contribution >= 0.6 is 0 Å². The Morgan fingerprint density at radius 3 is 2.05 bits per heavy atom. The van der Waals surface area contributed by atoms with Crippen LogP contribution in [0, 0.1) is 5.82 Å². The number of halogens is 1. The van der Waals surface area contributed by atoms with E-state index in [1.54, 1.807) is 12.1 Å². The maximum absolute atomic E-state index is 13.0. The van der Waals surface area contributed by atoms with Crippen LogP contribution in [0.5, 0.6) is 0 Å². The SMILES string of the molecule is CC(C)c1ccc(CC(C)(N)c2ccc(F)cc2)cc1. The van der Waals surface area contributed by atoms with E-state index in [9.17, 15) is 4.39 Å². The van der Waals surface area contributed by atoms with Crippen molar-refractivity contribution < 1.29 is 4.39 Å². The lowest BCUT2D eigenvalue weighted by Gasteiger charge is -2.25. The number of hydrogen-bond donors (Lipinski definition) is 1. The second-order valence-electron chi connectivity index (χ2n) is 6.00. The van der Waals surface area contributed by atoms with Crippen LogP contribution in [0.1, 0.15) is 43.4 Å². The summed E-state index contributed by atoms with van der Waals surface area (Å²) in [5.74, 6) is 0.302. The molecule has 2 aromatic carbocycles. The summed E-state index contributed by atoms with van der Waals surface area (Å²) in [7, 11) is 0. The van der Waals surface area contributed by atoms with Gasteiger partial charge in [0.05, 0.1) is 0 Å². The molecule has 0 bridgehead atoms. The van der Waals surface area contributed by atoms with E-state index in [1.165, 1.54) is 23.3 Å². The lowest BCUT2D eigenvalue weighted by Crippen LogP contribution is -2.35. The Bertz CT molecular complexity index is 553. The molecule has 2 rings (SSSR count). The van der Waals surface area contributed by atoms with E-state index in [0.717, 1.165) is 12.0 Å². The van der Waals surface area contributed by atoms with E-state index in [4.69, 9.17) is 5.73 Å². The fourth-order valence-corrected chi connectivity index (χ4v) is 2.38. The predicted octanol–water partition coefficient (Wildman–Crippen LogP) is 4.37. The number of hydrogen-bond acceptors (Lipinski definition) is 1. The first-order valence-corrected chi connectivity index (χ1v) is 7.02. The van der Waals surface area contributed by atoms with E-state index in [2.05, 4.69) is 38.1 Å². The highest BCUT2D eigenvalue weighted by Crippen LogP contribution is 2.24. The van der Waals surface area contributed by atoms with Crippen LogP contribution in [0.15, 0.2) is 48.5 Å². The van der Waals surface area contributed by atoms with Gasteiger partial charge in [-0.2, -0.15) is 0 Å². The van der Waals surface area contributed by atoms with Crippen molar-refractivity contribution in [2.75, 3.05) is 0 Å². The van der Waals surface area contributed by atoms with Crippen LogP contribution in [0.3, 0.4) is 0 Å². The van der Waals surface area contributed by atoms with E-state index in [0.29, 0.717) is 5.92 Å². The summed E-state index contributed by atoms with van der Waals surface area (Å²) in [5, 5.41) is 0. The molecule has 1 nitrogen and oxygen atoms in total. The summed E-state index contributed by atoms with van der Waals surface area (Å²) >= 11 is 0. The molecular weight excluding hydrogens is 249 g/mol.